The van der Waals surface area contributed by atoms with Gasteiger partial charge in [0.05, 0.1) is 22.6 Å². The molecular formula is C30H33Cl3N4O7S. The average molecular weight is 700 g/mol. The number of anilines is 1. The minimum absolute atomic E-state index is 0.0670. The number of carbonyl (C=O) groups excluding carboxylic acids is 2. The third kappa shape index (κ3) is 8.57. The lowest BCUT2D eigenvalue weighted by Gasteiger charge is -2.33. The average Bonchev–Trinajstić information content (AvgIpc) is 2.99. The van der Waals surface area contributed by atoms with Crippen LogP contribution in [0.2, 0.25) is 15.1 Å². The molecule has 242 valence electrons. The summed E-state index contributed by atoms with van der Waals surface area (Å²) in [5, 5.41) is 15.2. The number of aryl methyl sites for hydroxylation is 1. The van der Waals surface area contributed by atoms with E-state index in [1.807, 2.05) is 6.92 Å². The van der Waals surface area contributed by atoms with Crippen molar-refractivity contribution in [2.45, 2.75) is 51.1 Å². The maximum absolute atomic E-state index is 14.3. The Labute approximate surface area is 277 Å². The molecule has 2 amide bonds. The summed E-state index contributed by atoms with van der Waals surface area (Å²) in [6.45, 7) is 4.48. The van der Waals surface area contributed by atoms with Crippen molar-refractivity contribution in [1.82, 2.24) is 10.2 Å². The summed E-state index contributed by atoms with van der Waals surface area (Å²) in [5.74, 6) is -1.12. The van der Waals surface area contributed by atoms with E-state index in [2.05, 4.69) is 5.32 Å². The maximum Gasteiger partial charge on any atom is 0.273 e. The first-order chi connectivity index (χ1) is 21.2. The van der Waals surface area contributed by atoms with E-state index in [9.17, 15) is 28.1 Å². The smallest absolute Gasteiger partial charge is 0.273 e. The zero-order valence-electron chi connectivity index (χ0n) is 25.1. The number of nitro groups is 1. The van der Waals surface area contributed by atoms with Crippen molar-refractivity contribution in [3.8, 4) is 5.75 Å². The van der Waals surface area contributed by atoms with Crippen molar-refractivity contribution in [2.75, 3.05) is 24.5 Å². The first-order valence-electron chi connectivity index (χ1n) is 13.9. The fraction of sp³-hybridized carbons (Fsp3) is 0.333. The molecule has 11 nitrogen and oxygen atoms in total. The molecule has 3 rings (SSSR count). The van der Waals surface area contributed by atoms with Crippen molar-refractivity contribution in [3.05, 3.63) is 90.9 Å². The van der Waals surface area contributed by atoms with E-state index in [1.54, 1.807) is 19.1 Å². The van der Waals surface area contributed by atoms with Gasteiger partial charge in [-0.3, -0.25) is 24.0 Å². The largest absolute Gasteiger partial charge is 0.495 e. The molecule has 1 atom stereocenters. The predicted octanol–water partition coefficient (Wildman–Crippen LogP) is 6.40. The molecule has 0 fully saturated rings. The summed E-state index contributed by atoms with van der Waals surface area (Å²) < 4.78 is 34.7. The number of sulfonamides is 1. The zero-order chi connectivity index (χ0) is 33.5. The molecule has 0 radical (unpaired) electrons. The number of ether oxygens (including phenoxy) is 1. The van der Waals surface area contributed by atoms with Gasteiger partial charge in [-0.1, -0.05) is 60.8 Å². The number of benzene rings is 3. The molecule has 0 saturated heterocycles. The lowest BCUT2D eigenvalue weighted by molar-refractivity contribution is -0.385. The maximum atomic E-state index is 14.3. The number of nitrogens with one attached hydrogen (secondary N) is 1. The van der Waals surface area contributed by atoms with Crippen molar-refractivity contribution >= 4 is 68.0 Å². The fourth-order valence-electron chi connectivity index (χ4n) is 4.56. The Morgan fingerprint density at radius 3 is 2.29 bits per heavy atom. The van der Waals surface area contributed by atoms with Gasteiger partial charge in [-0.05, 0) is 61.7 Å². The van der Waals surface area contributed by atoms with E-state index in [1.165, 1.54) is 55.3 Å². The molecule has 0 aliphatic rings. The number of nitro benzene ring substituents is 1. The molecule has 0 aliphatic heterocycles. The van der Waals surface area contributed by atoms with E-state index < -0.39 is 49.9 Å². The van der Waals surface area contributed by atoms with E-state index >= 15 is 0 Å². The first-order valence-corrected chi connectivity index (χ1v) is 16.4. The van der Waals surface area contributed by atoms with Crippen LogP contribution in [0.25, 0.3) is 0 Å². The molecule has 0 unspecified atom stereocenters. The van der Waals surface area contributed by atoms with Crippen molar-refractivity contribution in [2.24, 2.45) is 0 Å². The Morgan fingerprint density at radius 2 is 1.69 bits per heavy atom. The van der Waals surface area contributed by atoms with Gasteiger partial charge >= 0.3 is 0 Å². The lowest BCUT2D eigenvalue weighted by Crippen LogP contribution is -2.52. The van der Waals surface area contributed by atoms with Crippen LogP contribution in [-0.2, 0) is 26.2 Å². The van der Waals surface area contributed by atoms with Crippen molar-refractivity contribution < 1.29 is 27.7 Å². The van der Waals surface area contributed by atoms with Gasteiger partial charge in [-0.2, -0.15) is 0 Å². The minimum Gasteiger partial charge on any atom is -0.495 e. The molecule has 0 aliphatic carbocycles. The van der Waals surface area contributed by atoms with Crippen LogP contribution < -0.4 is 14.4 Å². The lowest BCUT2D eigenvalue weighted by atomic mass is 10.1. The molecule has 0 saturated carbocycles. The Kier molecular flexibility index (Phi) is 12.5. The molecule has 3 aromatic rings. The van der Waals surface area contributed by atoms with Crippen LogP contribution in [0.15, 0.2) is 59.5 Å². The summed E-state index contributed by atoms with van der Waals surface area (Å²) >= 11 is 18.8. The van der Waals surface area contributed by atoms with Crippen LogP contribution in [-0.4, -0.2) is 56.3 Å². The normalized spacial score (nSPS) is 11.9. The quantitative estimate of drug-likeness (QED) is 0.152. The van der Waals surface area contributed by atoms with Gasteiger partial charge in [-0.25, -0.2) is 8.42 Å². The number of halogens is 3. The summed E-state index contributed by atoms with van der Waals surface area (Å²) in [6.07, 6.45) is 0.853. The van der Waals surface area contributed by atoms with Gasteiger partial charge in [-0.15, -0.1) is 0 Å². The third-order valence-electron chi connectivity index (χ3n) is 6.94. The van der Waals surface area contributed by atoms with Gasteiger partial charge in [0.2, 0.25) is 11.8 Å². The molecular weight excluding hydrogens is 667 g/mol. The van der Waals surface area contributed by atoms with Crippen LogP contribution >= 0.6 is 34.8 Å². The number of rotatable bonds is 14. The van der Waals surface area contributed by atoms with Crippen LogP contribution in [0.3, 0.4) is 0 Å². The van der Waals surface area contributed by atoms with E-state index in [4.69, 9.17) is 39.5 Å². The highest BCUT2D eigenvalue weighted by atomic mass is 35.5. The topological polar surface area (TPSA) is 139 Å². The van der Waals surface area contributed by atoms with Crippen LogP contribution in [0.5, 0.6) is 5.75 Å². The Bertz CT molecular complexity index is 1690. The molecule has 3 aromatic carbocycles. The Hall–Kier alpha value is -3.58. The SMILES string of the molecule is CCCNC(=O)[C@H](CC)N(Cc1ccc(Cl)cc1Cl)C(=O)CN(c1cc(Cl)ccc1OC)S(=O)(=O)c1ccc(C)c([N+](=O)[O-])c1. The highest BCUT2D eigenvalue weighted by molar-refractivity contribution is 7.92. The van der Waals surface area contributed by atoms with Gasteiger partial charge in [0.1, 0.15) is 18.3 Å². The third-order valence-corrected chi connectivity index (χ3v) is 9.52. The molecule has 1 N–H and O–H groups in total. The number of methoxy groups -OCH3 is 1. The Balaban J connectivity index is 2.20. The monoisotopic (exact) mass is 698 g/mol. The summed E-state index contributed by atoms with van der Waals surface area (Å²) in [7, 11) is -3.34. The van der Waals surface area contributed by atoms with Crippen LogP contribution in [0.1, 0.15) is 37.8 Å². The van der Waals surface area contributed by atoms with Gasteiger partial charge in [0.15, 0.2) is 0 Å². The molecule has 0 spiro atoms. The van der Waals surface area contributed by atoms with E-state index in [-0.39, 0.29) is 40.0 Å². The summed E-state index contributed by atoms with van der Waals surface area (Å²) in [6, 6.07) is 11.4. The summed E-state index contributed by atoms with van der Waals surface area (Å²) in [4.78, 5) is 39.3. The number of carbonyl (C=O) groups is 2. The second-order valence-corrected chi connectivity index (χ2v) is 13.1. The minimum atomic E-state index is -4.66. The molecule has 0 aromatic heterocycles. The number of amides is 2. The van der Waals surface area contributed by atoms with Gasteiger partial charge in [0, 0.05) is 39.8 Å². The zero-order valence-corrected chi connectivity index (χ0v) is 28.1. The van der Waals surface area contributed by atoms with Gasteiger partial charge < -0.3 is 15.0 Å². The number of hydrogen-bond donors (Lipinski definition) is 1. The second kappa shape index (κ2) is 15.6. The highest BCUT2D eigenvalue weighted by Crippen LogP contribution is 2.36. The summed E-state index contributed by atoms with van der Waals surface area (Å²) in [5.41, 5.74) is 0.212. The highest BCUT2D eigenvalue weighted by Gasteiger charge is 2.36. The fourth-order valence-corrected chi connectivity index (χ4v) is 6.64. The van der Waals surface area contributed by atoms with E-state index in [0.717, 1.165) is 10.4 Å². The number of hydrogen-bond acceptors (Lipinski definition) is 7. The number of nitrogens with zero attached hydrogens (tertiary/aromatic N) is 3. The van der Waals surface area contributed by atoms with Gasteiger partial charge in [0.25, 0.3) is 15.7 Å². The predicted molar refractivity (Wildman–Crippen MR) is 175 cm³/mol. The Morgan fingerprint density at radius 1 is 1.02 bits per heavy atom. The standard InChI is InChI=1S/C30H33Cl3N4O7S/c1-5-13-34-30(39)25(6-2)35(17-20-8-9-21(31)14-24(20)33)29(38)18-36(27-15-22(32)10-12-28(27)44-4)45(42,43)23-11-7-19(3)26(16-23)37(40)41/h7-12,14-16,25H,5-6,13,17-18H2,1-4H3,(H,34,39)/t25-/m0/s1. The molecule has 45 heavy (non-hydrogen) atoms. The second-order valence-electron chi connectivity index (χ2n) is 10.0. The molecule has 0 bridgehead atoms. The van der Waals surface area contributed by atoms with E-state index in [0.29, 0.717) is 23.6 Å². The van der Waals surface area contributed by atoms with Crippen molar-refractivity contribution in [3.63, 3.8) is 0 Å². The van der Waals surface area contributed by atoms with Crippen LogP contribution in [0.4, 0.5) is 11.4 Å². The molecule has 0 heterocycles. The first kappa shape index (κ1) is 35.9. The van der Waals surface area contributed by atoms with Crippen LogP contribution in [0, 0.1) is 17.0 Å². The van der Waals surface area contributed by atoms with Crippen molar-refractivity contribution in [1.29, 1.82) is 0 Å². The molecule has 15 heteroatoms.